The Balaban J connectivity index is 2.52. The minimum Gasteiger partial charge on any atom is -0.326 e. The van der Waals surface area contributed by atoms with Crippen LogP contribution in [0, 0.1) is 5.92 Å². The predicted molar refractivity (Wildman–Crippen MR) is 81.7 cm³/mol. The summed E-state index contributed by atoms with van der Waals surface area (Å²) in [6.45, 7) is 4.35. The fourth-order valence-corrected chi connectivity index (χ4v) is 1.71. The molecular formula is C15H23N3O2. The first kappa shape index (κ1) is 16.2. The van der Waals surface area contributed by atoms with Gasteiger partial charge in [0.15, 0.2) is 0 Å². The van der Waals surface area contributed by atoms with E-state index in [1.165, 1.54) is 0 Å². The Hall–Kier alpha value is -1.88. The van der Waals surface area contributed by atoms with Crippen LogP contribution in [0.5, 0.6) is 0 Å². The zero-order valence-electron chi connectivity index (χ0n) is 12.6. The summed E-state index contributed by atoms with van der Waals surface area (Å²) in [5.74, 6) is 0.274. The molecule has 1 aromatic carbocycles. The van der Waals surface area contributed by atoms with Crippen LogP contribution in [-0.2, 0) is 9.59 Å². The van der Waals surface area contributed by atoms with Crippen LogP contribution in [0.4, 0.5) is 11.4 Å². The minimum atomic E-state index is -0.0633. The molecular weight excluding hydrogens is 254 g/mol. The molecule has 1 rings (SSSR count). The highest BCUT2D eigenvalue weighted by atomic mass is 16.2. The van der Waals surface area contributed by atoms with Crippen molar-refractivity contribution in [2.24, 2.45) is 5.92 Å². The highest BCUT2D eigenvalue weighted by Gasteiger charge is 2.06. The number of likely N-dealkylation sites (N-methyl/N-ethyl adjacent to an activating group) is 1. The van der Waals surface area contributed by atoms with Crippen LogP contribution in [0.25, 0.3) is 0 Å². The topological polar surface area (TPSA) is 61.4 Å². The minimum absolute atomic E-state index is 0.00407. The van der Waals surface area contributed by atoms with Gasteiger partial charge in [-0.15, -0.1) is 0 Å². The summed E-state index contributed by atoms with van der Waals surface area (Å²) in [6.07, 6.45) is 0.501. The maximum Gasteiger partial charge on any atom is 0.238 e. The van der Waals surface area contributed by atoms with E-state index >= 15 is 0 Å². The summed E-state index contributed by atoms with van der Waals surface area (Å²) in [7, 11) is 3.68. The standard InChI is InChI=1S/C15H23N3O2/c1-11(2)9-14(19)16-12-5-7-13(8-6-12)17-15(20)10-18(3)4/h5-8,11H,9-10H2,1-4H3,(H,16,19)(H,17,20). The molecule has 110 valence electrons. The van der Waals surface area contributed by atoms with Crippen LogP contribution < -0.4 is 10.6 Å². The van der Waals surface area contributed by atoms with Gasteiger partial charge in [-0.1, -0.05) is 13.8 Å². The van der Waals surface area contributed by atoms with E-state index in [2.05, 4.69) is 10.6 Å². The van der Waals surface area contributed by atoms with Crippen molar-refractivity contribution in [2.45, 2.75) is 20.3 Å². The molecule has 0 atom stereocenters. The number of benzene rings is 1. The van der Waals surface area contributed by atoms with Gasteiger partial charge in [-0.25, -0.2) is 0 Å². The Labute approximate surface area is 120 Å². The molecule has 1 aromatic rings. The van der Waals surface area contributed by atoms with Crippen LogP contribution in [-0.4, -0.2) is 37.4 Å². The Morgan fingerprint density at radius 2 is 1.45 bits per heavy atom. The lowest BCUT2D eigenvalue weighted by Crippen LogP contribution is -2.27. The third kappa shape index (κ3) is 6.33. The fourth-order valence-electron chi connectivity index (χ4n) is 1.71. The molecule has 2 amide bonds. The summed E-state index contributed by atoms with van der Waals surface area (Å²) in [5.41, 5.74) is 1.46. The fraction of sp³-hybridized carbons (Fsp3) is 0.467. The zero-order chi connectivity index (χ0) is 15.1. The van der Waals surface area contributed by atoms with E-state index in [1.54, 1.807) is 29.2 Å². The summed E-state index contributed by atoms with van der Waals surface area (Å²) in [6, 6.07) is 7.12. The number of amides is 2. The van der Waals surface area contributed by atoms with Crippen molar-refractivity contribution in [3.8, 4) is 0 Å². The molecule has 0 bridgehead atoms. The molecule has 0 saturated carbocycles. The second kappa shape index (κ2) is 7.65. The van der Waals surface area contributed by atoms with Gasteiger partial charge in [-0.3, -0.25) is 9.59 Å². The van der Waals surface area contributed by atoms with Gasteiger partial charge in [0, 0.05) is 17.8 Å². The molecule has 0 heterocycles. The van der Waals surface area contributed by atoms with Gasteiger partial charge in [0.25, 0.3) is 0 Å². The van der Waals surface area contributed by atoms with E-state index in [1.807, 2.05) is 27.9 Å². The van der Waals surface area contributed by atoms with Crippen LogP contribution in [0.15, 0.2) is 24.3 Å². The lowest BCUT2D eigenvalue weighted by atomic mass is 10.1. The SMILES string of the molecule is CC(C)CC(=O)Nc1ccc(NC(=O)CN(C)C)cc1. The monoisotopic (exact) mass is 277 g/mol. The second-order valence-electron chi connectivity index (χ2n) is 5.51. The first-order valence-corrected chi connectivity index (χ1v) is 6.71. The van der Waals surface area contributed by atoms with Crippen molar-refractivity contribution >= 4 is 23.2 Å². The predicted octanol–water partition coefficient (Wildman–Crippen LogP) is 2.17. The number of nitrogens with zero attached hydrogens (tertiary/aromatic N) is 1. The lowest BCUT2D eigenvalue weighted by Gasteiger charge is -2.11. The largest absolute Gasteiger partial charge is 0.326 e. The van der Waals surface area contributed by atoms with Crippen molar-refractivity contribution < 1.29 is 9.59 Å². The van der Waals surface area contributed by atoms with E-state index in [4.69, 9.17) is 0 Å². The normalized spacial score (nSPS) is 10.7. The molecule has 5 heteroatoms. The third-order valence-electron chi connectivity index (χ3n) is 2.51. The van der Waals surface area contributed by atoms with Crippen LogP contribution in [0.2, 0.25) is 0 Å². The van der Waals surface area contributed by atoms with Crippen molar-refractivity contribution in [2.75, 3.05) is 31.3 Å². The van der Waals surface area contributed by atoms with Crippen molar-refractivity contribution in [3.05, 3.63) is 24.3 Å². The Kier molecular flexibility index (Phi) is 6.18. The molecule has 0 aliphatic carbocycles. The Morgan fingerprint density at radius 1 is 1.00 bits per heavy atom. The molecule has 0 aliphatic heterocycles. The van der Waals surface area contributed by atoms with Gasteiger partial charge in [0.05, 0.1) is 6.54 Å². The lowest BCUT2D eigenvalue weighted by molar-refractivity contribution is -0.117. The van der Waals surface area contributed by atoms with Gasteiger partial charge in [0.1, 0.15) is 0 Å². The Bertz CT molecular complexity index is 410. The summed E-state index contributed by atoms with van der Waals surface area (Å²) in [5, 5.41) is 5.62. The van der Waals surface area contributed by atoms with Gasteiger partial charge in [-0.05, 0) is 44.3 Å². The number of carbonyl (C=O) groups is 2. The molecule has 0 spiro atoms. The van der Waals surface area contributed by atoms with Crippen LogP contribution >= 0.6 is 0 Å². The number of hydrogen-bond donors (Lipinski definition) is 2. The molecule has 0 aliphatic rings. The molecule has 0 unspecified atom stereocenters. The van der Waals surface area contributed by atoms with Crippen molar-refractivity contribution in [3.63, 3.8) is 0 Å². The van der Waals surface area contributed by atoms with E-state index in [0.29, 0.717) is 18.9 Å². The maximum absolute atomic E-state index is 11.6. The third-order valence-corrected chi connectivity index (χ3v) is 2.51. The molecule has 0 aromatic heterocycles. The Morgan fingerprint density at radius 3 is 1.85 bits per heavy atom. The highest BCUT2D eigenvalue weighted by Crippen LogP contribution is 2.14. The van der Waals surface area contributed by atoms with Crippen molar-refractivity contribution in [1.82, 2.24) is 4.90 Å². The average molecular weight is 277 g/mol. The van der Waals surface area contributed by atoms with E-state index in [9.17, 15) is 9.59 Å². The first-order chi connectivity index (χ1) is 9.36. The van der Waals surface area contributed by atoms with Gasteiger partial charge in [0.2, 0.25) is 11.8 Å². The first-order valence-electron chi connectivity index (χ1n) is 6.71. The van der Waals surface area contributed by atoms with Crippen LogP contribution in [0.3, 0.4) is 0 Å². The second-order valence-corrected chi connectivity index (χ2v) is 5.51. The molecule has 0 fully saturated rings. The van der Waals surface area contributed by atoms with Gasteiger partial charge >= 0.3 is 0 Å². The van der Waals surface area contributed by atoms with Gasteiger partial charge < -0.3 is 15.5 Å². The maximum atomic E-state index is 11.6. The highest BCUT2D eigenvalue weighted by molar-refractivity contribution is 5.93. The number of anilines is 2. The smallest absolute Gasteiger partial charge is 0.238 e. The molecule has 0 radical (unpaired) electrons. The van der Waals surface area contributed by atoms with E-state index < -0.39 is 0 Å². The number of carbonyl (C=O) groups excluding carboxylic acids is 2. The van der Waals surface area contributed by atoms with Gasteiger partial charge in [-0.2, -0.15) is 0 Å². The molecule has 5 nitrogen and oxygen atoms in total. The molecule has 2 N–H and O–H groups in total. The molecule has 20 heavy (non-hydrogen) atoms. The quantitative estimate of drug-likeness (QED) is 0.837. The van der Waals surface area contributed by atoms with Crippen molar-refractivity contribution in [1.29, 1.82) is 0 Å². The van der Waals surface area contributed by atoms with E-state index in [0.717, 1.165) is 11.4 Å². The number of hydrogen-bond acceptors (Lipinski definition) is 3. The summed E-state index contributed by atoms with van der Waals surface area (Å²) >= 11 is 0. The molecule has 0 saturated heterocycles. The number of rotatable bonds is 6. The zero-order valence-corrected chi connectivity index (χ0v) is 12.6. The van der Waals surface area contributed by atoms with Crippen LogP contribution in [0.1, 0.15) is 20.3 Å². The summed E-state index contributed by atoms with van der Waals surface area (Å²) in [4.78, 5) is 25.0. The number of nitrogens with one attached hydrogen (secondary N) is 2. The van der Waals surface area contributed by atoms with E-state index in [-0.39, 0.29) is 11.8 Å². The summed E-state index contributed by atoms with van der Waals surface area (Å²) < 4.78 is 0. The average Bonchev–Trinajstić information content (AvgIpc) is 2.29.